The molecule has 1 aliphatic heterocycles. The zero-order chi connectivity index (χ0) is 15.5. The Morgan fingerprint density at radius 2 is 1.86 bits per heavy atom. The summed E-state index contributed by atoms with van der Waals surface area (Å²) in [5.74, 6) is 0.0664. The minimum absolute atomic E-state index is 0.0272. The number of Topliss-reactive ketones (excluding diaryl/α,β-unsaturated/α-hetero) is 1. The number of nitrogens with zero attached hydrogens (tertiary/aromatic N) is 2. The molecule has 3 rings (SSSR count). The highest BCUT2D eigenvalue weighted by Gasteiger charge is 2.28. The van der Waals surface area contributed by atoms with Crippen LogP contribution in [-0.4, -0.2) is 34.7 Å². The van der Waals surface area contributed by atoms with E-state index >= 15 is 0 Å². The molecular formula is C16H15ClN2O2S. The van der Waals surface area contributed by atoms with E-state index in [1.54, 1.807) is 40.1 Å². The van der Waals surface area contributed by atoms with E-state index in [0.717, 1.165) is 0 Å². The van der Waals surface area contributed by atoms with Crippen LogP contribution in [0.3, 0.4) is 0 Å². The van der Waals surface area contributed by atoms with Crippen LogP contribution in [0.5, 0.6) is 0 Å². The molecule has 1 saturated heterocycles. The van der Waals surface area contributed by atoms with Crippen molar-refractivity contribution in [3.05, 3.63) is 51.4 Å². The number of likely N-dealkylation sites (tertiary alicyclic amines) is 1. The average molecular weight is 335 g/mol. The van der Waals surface area contributed by atoms with E-state index in [-0.39, 0.29) is 17.6 Å². The normalized spacial score (nSPS) is 15.8. The summed E-state index contributed by atoms with van der Waals surface area (Å²) in [5, 5.41) is 2.38. The van der Waals surface area contributed by atoms with E-state index in [2.05, 4.69) is 4.98 Å². The molecular weight excluding hydrogens is 320 g/mol. The number of carbonyl (C=O) groups is 2. The van der Waals surface area contributed by atoms with Gasteiger partial charge in [0.2, 0.25) is 0 Å². The van der Waals surface area contributed by atoms with Gasteiger partial charge in [-0.1, -0.05) is 11.6 Å². The number of rotatable bonds is 3. The molecule has 114 valence electrons. The number of ketones is 1. The molecule has 0 spiro atoms. The third kappa shape index (κ3) is 3.20. The lowest BCUT2D eigenvalue weighted by Gasteiger charge is -2.30. The SMILES string of the molecule is O=C(c1ccc(Cl)cc1)C1CCN(C(=O)c2cscn2)CC1. The lowest BCUT2D eigenvalue weighted by atomic mass is 9.89. The second-order valence-corrected chi connectivity index (χ2v) is 6.47. The Hall–Kier alpha value is -1.72. The molecule has 0 radical (unpaired) electrons. The minimum Gasteiger partial charge on any atom is -0.337 e. The van der Waals surface area contributed by atoms with Crippen molar-refractivity contribution in [3.8, 4) is 0 Å². The number of amides is 1. The fourth-order valence-electron chi connectivity index (χ4n) is 2.67. The van der Waals surface area contributed by atoms with Gasteiger partial charge in [-0.15, -0.1) is 11.3 Å². The molecule has 2 heterocycles. The topological polar surface area (TPSA) is 50.3 Å². The predicted octanol–water partition coefficient (Wildman–Crippen LogP) is 3.53. The van der Waals surface area contributed by atoms with Crippen molar-refractivity contribution in [1.82, 2.24) is 9.88 Å². The summed E-state index contributed by atoms with van der Waals surface area (Å²) in [6, 6.07) is 6.99. The van der Waals surface area contributed by atoms with Gasteiger partial charge in [-0.05, 0) is 37.1 Å². The Morgan fingerprint density at radius 3 is 2.45 bits per heavy atom. The first-order chi connectivity index (χ1) is 10.6. The van der Waals surface area contributed by atoms with Gasteiger partial charge in [0, 0.05) is 35.0 Å². The summed E-state index contributed by atoms with van der Waals surface area (Å²) in [6.07, 6.45) is 1.38. The number of aromatic nitrogens is 1. The molecule has 6 heteroatoms. The monoisotopic (exact) mass is 334 g/mol. The van der Waals surface area contributed by atoms with Crippen LogP contribution in [0.4, 0.5) is 0 Å². The number of halogens is 1. The molecule has 0 aliphatic carbocycles. The Balaban J connectivity index is 1.60. The lowest BCUT2D eigenvalue weighted by Crippen LogP contribution is -2.40. The number of hydrogen-bond acceptors (Lipinski definition) is 4. The second-order valence-electron chi connectivity index (χ2n) is 5.31. The van der Waals surface area contributed by atoms with E-state index in [0.29, 0.717) is 42.2 Å². The Labute approximate surface area is 137 Å². The summed E-state index contributed by atoms with van der Waals surface area (Å²) >= 11 is 7.26. The predicted molar refractivity (Wildman–Crippen MR) is 86.5 cm³/mol. The highest BCUT2D eigenvalue weighted by Crippen LogP contribution is 2.23. The number of piperidine rings is 1. The first-order valence-electron chi connectivity index (χ1n) is 7.12. The van der Waals surface area contributed by atoms with E-state index in [1.807, 2.05) is 0 Å². The first-order valence-corrected chi connectivity index (χ1v) is 8.44. The number of carbonyl (C=O) groups excluding carboxylic acids is 2. The first kappa shape index (κ1) is 15.2. The van der Waals surface area contributed by atoms with E-state index in [4.69, 9.17) is 11.6 Å². The number of benzene rings is 1. The van der Waals surface area contributed by atoms with Crippen LogP contribution in [0, 0.1) is 5.92 Å². The summed E-state index contributed by atoms with van der Waals surface area (Å²) < 4.78 is 0. The molecule has 0 saturated carbocycles. The van der Waals surface area contributed by atoms with Gasteiger partial charge in [-0.25, -0.2) is 4.98 Å². The van der Waals surface area contributed by atoms with Crippen molar-refractivity contribution in [3.63, 3.8) is 0 Å². The van der Waals surface area contributed by atoms with Crippen LogP contribution in [0.25, 0.3) is 0 Å². The van der Waals surface area contributed by atoms with Gasteiger partial charge in [0.05, 0.1) is 5.51 Å². The van der Waals surface area contributed by atoms with E-state index < -0.39 is 0 Å². The largest absolute Gasteiger partial charge is 0.337 e. The maximum absolute atomic E-state index is 12.5. The summed E-state index contributed by atoms with van der Waals surface area (Å²) in [5.41, 5.74) is 2.84. The molecule has 22 heavy (non-hydrogen) atoms. The maximum atomic E-state index is 12.5. The van der Waals surface area contributed by atoms with E-state index in [1.165, 1.54) is 11.3 Å². The molecule has 1 aliphatic rings. The molecule has 4 nitrogen and oxygen atoms in total. The van der Waals surface area contributed by atoms with Gasteiger partial charge in [0.15, 0.2) is 5.78 Å². The van der Waals surface area contributed by atoms with Gasteiger partial charge < -0.3 is 4.90 Å². The maximum Gasteiger partial charge on any atom is 0.273 e. The summed E-state index contributed by atoms with van der Waals surface area (Å²) in [7, 11) is 0. The highest BCUT2D eigenvalue weighted by atomic mass is 35.5. The van der Waals surface area contributed by atoms with Crippen LogP contribution in [-0.2, 0) is 0 Å². The zero-order valence-electron chi connectivity index (χ0n) is 11.9. The van der Waals surface area contributed by atoms with Gasteiger partial charge in [0.25, 0.3) is 5.91 Å². The molecule has 1 amide bonds. The van der Waals surface area contributed by atoms with Crippen LogP contribution in [0.15, 0.2) is 35.2 Å². The van der Waals surface area contributed by atoms with Crippen molar-refractivity contribution in [1.29, 1.82) is 0 Å². The molecule has 2 aromatic rings. The molecule has 1 aromatic heterocycles. The third-order valence-electron chi connectivity index (χ3n) is 3.93. The second kappa shape index (κ2) is 6.58. The molecule has 0 N–H and O–H groups in total. The van der Waals surface area contributed by atoms with Crippen LogP contribution < -0.4 is 0 Å². The van der Waals surface area contributed by atoms with Crippen molar-refractivity contribution in [2.75, 3.05) is 13.1 Å². The van der Waals surface area contributed by atoms with Crippen LogP contribution >= 0.6 is 22.9 Å². The fourth-order valence-corrected chi connectivity index (χ4v) is 3.33. The summed E-state index contributed by atoms with van der Waals surface area (Å²) in [6.45, 7) is 1.20. The third-order valence-corrected chi connectivity index (χ3v) is 4.77. The molecule has 0 unspecified atom stereocenters. The molecule has 1 fully saturated rings. The molecule has 0 atom stereocenters. The smallest absolute Gasteiger partial charge is 0.273 e. The average Bonchev–Trinajstić information content (AvgIpc) is 3.09. The van der Waals surface area contributed by atoms with Gasteiger partial charge in [0.1, 0.15) is 5.69 Å². The number of hydrogen-bond donors (Lipinski definition) is 0. The van der Waals surface area contributed by atoms with Crippen LogP contribution in [0.1, 0.15) is 33.7 Å². The minimum atomic E-state index is -0.0429. The van der Waals surface area contributed by atoms with Gasteiger partial charge in [-0.3, -0.25) is 9.59 Å². The summed E-state index contributed by atoms with van der Waals surface area (Å²) in [4.78, 5) is 30.5. The van der Waals surface area contributed by atoms with E-state index in [9.17, 15) is 9.59 Å². The Morgan fingerprint density at radius 1 is 1.18 bits per heavy atom. The molecule has 1 aromatic carbocycles. The van der Waals surface area contributed by atoms with Crippen LogP contribution in [0.2, 0.25) is 5.02 Å². The Kier molecular flexibility index (Phi) is 4.55. The van der Waals surface area contributed by atoms with Crippen molar-refractivity contribution >= 4 is 34.6 Å². The quantitative estimate of drug-likeness (QED) is 0.807. The van der Waals surface area contributed by atoms with Gasteiger partial charge in [-0.2, -0.15) is 0 Å². The van der Waals surface area contributed by atoms with Crippen molar-refractivity contribution < 1.29 is 9.59 Å². The number of thiazole rings is 1. The van der Waals surface area contributed by atoms with Crippen molar-refractivity contribution in [2.45, 2.75) is 12.8 Å². The Bertz CT molecular complexity index is 662. The standard InChI is InChI=1S/C16H15ClN2O2S/c17-13-3-1-11(2-4-13)15(20)12-5-7-19(8-6-12)16(21)14-9-22-10-18-14/h1-4,9-10,12H,5-8H2. The zero-order valence-corrected chi connectivity index (χ0v) is 13.4. The fraction of sp³-hybridized carbons (Fsp3) is 0.312. The van der Waals surface area contributed by atoms with Gasteiger partial charge >= 0.3 is 0 Å². The molecule has 0 bridgehead atoms. The van der Waals surface area contributed by atoms with Crippen molar-refractivity contribution in [2.24, 2.45) is 5.92 Å². The highest BCUT2D eigenvalue weighted by molar-refractivity contribution is 7.07. The lowest BCUT2D eigenvalue weighted by molar-refractivity contribution is 0.0646.